The van der Waals surface area contributed by atoms with E-state index >= 15 is 0 Å². The lowest BCUT2D eigenvalue weighted by atomic mass is 10.2. The van der Waals surface area contributed by atoms with Crippen molar-refractivity contribution in [3.8, 4) is 17.1 Å². The van der Waals surface area contributed by atoms with Crippen LogP contribution in [0, 0.1) is 0 Å². The van der Waals surface area contributed by atoms with Gasteiger partial charge in [0.05, 0.1) is 12.2 Å². The van der Waals surface area contributed by atoms with Gasteiger partial charge in [0.1, 0.15) is 0 Å². The number of pyridine rings is 1. The Morgan fingerprint density at radius 1 is 1.00 bits per heavy atom. The van der Waals surface area contributed by atoms with E-state index in [4.69, 9.17) is 11.6 Å². The molecular formula is C19H18ClN9. The van der Waals surface area contributed by atoms with Crippen LogP contribution in [0.3, 0.4) is 0 Å². The molecule has 4 heterocycles. The number of anilines is 1. The summed E-state index contributed by atoms with van der Waals surface area (Å²) in [7, 11) is 0. The average Bonchev–Trinajstić information content (AvgIpc) is 3.33. The number of rotatable bonds is 4. The van der Waals surface area contributed by atoms with Crippen LogP contribution in [0.15, 0.2) is 48.8 Å². The topological polar surface area (TPSA) is 90.4 Å². The van der Waals surface area contributed by atoms with E-state index in [-0.39, 0.29) is 0 Å². The Bertz CT molecular complexity index is 1120. The molecule has 0 saturated heterocycles. The lowest BCUT2D eigenvalue weighted by Gasteiger charge is -2.19. The number of fused-ring (bicyclic) bond motifs is 1. The maximum Gasteiger partial charge on any atom is 0.227 e. The van der Waals surface area contributed by atoms with Gasteiger partial charge in [-0.3, -0.25) is 9.55 Å². The summed E-state index contributed by atoms with van der Waals surface area (Å²) >= 11 is 6.06. The van der Waals surface area contributed by atoms with E-state index in [1.807, 2.05) is 36.5 Å². The van der Waals surface area contributed by atoms with Crippen molar-refractivity contribution in [2.75, 3.05) is 11.4 Å². The molecular weight excluding hydrogens is 390 g/mol. The molecule has 146 valence electrons. The normalized spacial score (nSPS) is 13.9. The van der Waals surface area contributed by atoms with Crippen molar-refractivity contribution >= 4 is 17.5 Å². The molecule has 9 nitrogen and oxygen atoms in total. The molecule has 0 aliphatic carbocycles. The van der Waals surface area contributed by atoms with E-state index in [9.17, 15) is 0 Å². The summed E-state index contributed by atoms with van der Waals surface area (Å²) in [6.07, 6.45) is 5.67. The summed E-state index contributed by atoms with van der Waals surface area (Å²) < 4.78 is 2.14. The maximum atomic E-state index is 6.06. The zero-order valence-corrected chi connectivity index (χ0v) is 16.3. The first-order valence-corrected chi connectivity index (χ1v) is 9.79. The fourth-order valence-electron chi connectivity index (χ4n) is 3.45. The molecule has 0 radical (unpaired) electrons. The Hall–Kier alpha value is -3.33. The fraction of sp³-hybridized carbons (Fsp3) is 0.263. The molecule has 1 aliphatic heterocycles. The molecule has 3 aromatic heterocycles. The third kappa shape index (κ3) is 3.56. The monoisotopic (exact) mass is 407 g/mol. The van der Waals surface area contributed by atoms with E-state index in [1.54, 1.807) is 12.3 Å². The van der Waals surface area contributed by atoms with Crippen molar-refractivity contribution in [2.45, 2.75) is 25.9 Å². The molecule has 4 aromatic rings. The van der Waals surface area contributed by atoms with Gasteiger partial charge in [-0.25, -0.2) is 0 Å². The number of halogens is 1. The predicted molar refractivity (Wildman–Crippen MR) is 108 cm³/mol. The lowest BCUT2D eigenvalue weighted by molar-refractivity contribution is 0.651. The van der Waals surface area contributed by atoms with Gasteiger partial charge in [0, 0.05) is 36.1 Å². The minimum Gasteiger partial charge on any atom is -0.333 e. The molecule has 0 N–H and O–H groups in total. The molecule has 0 fully saturated rings. The van der Waals surface area contributed by atoms with Gasteiger partial charge in [-0.1, -0.05) is 17.7 Å². The van der Waals surface area contributed by atoms with Gasteiger partial charge in [0.25, 0.3) is 0 Å². The Balaban J connectivity index is 1.43. The van der Waals surface area contributed by atoms with Gasteiger partial charge >= 0.3 is 0 Å². The van der Waals surface area contributed by atoms with E-state index in [0.717, 1.165) is 49.0 Å². The highest BCUT2D eigenvalue weighted by molar-refractivity contribution is 6.30. The molecule has 10 heteroatoms. The van der Waals surface area contributed by atoms with Crippen LogP contribution in [0.2, 0.25) is 5.02 Å². The third-order valence-corrected chi connectivity index (χ3v) is 5.06. The van der Waals surface area contributed by atoms with E-state index < -0.39 is 0 Å². The number of hydrogen-bond acceptors (Lipinski definition) is 7. The first kappa shape index (κ1) is 17.7. The van der Waals surface area contributed by atoms with Crippen molar-refractivity contribution < 1.29 is 0 Å². The Morgan fingerprint density at radius 2 is 1.93 bits per heavy atom. The first-order valence-electron chi connectivity index (χ1n) is 9.41. The average molecular weight is 408 g/mol. The van der Waals surface area contributed by atoms with Gasteiger partial charge in [-0.15, -0.1) is 25.2 Å². The minimum absolute atomic E-state index is 0.506. The van der Waals surface area contributed by atoms with Crippen molar-refractivity contribution in [1.29, 1.82) is 0 Å². The zero-order valence-electron chi connectivity index (χ0n) is 15.6. The van der Waals surface area contributed by atoms with E-state index in [2.05, 4.69) is 40.1 Å². The van der Waals surface area contributed by atoms with Crippen molar-refractivity contribution in [2.24, 2.45) is 0 Å². The zero-order chi connectivity index (χ0) is 19.6. The molecule has 1 aliphatic rings. The number of nitrogens with zero attached hydrogens (tertiary/aromatic N) is 9. The predicted octanol–water partition coefficient (Wildman–Crippen LogP) is 2.77. The SMILES string of the molecule is Clc1cccc(-n2nnc(CN3CCCCn4c(-c5cccnc5)nnc43)n2)c1. The van der Waals surface area contributed by atoms with Crippen molar-refractivity contribution in [1.82, 2.24) is 40.0 Å². The second kappa shape index (κ2) is 7.59. The molecule has 0 atom stereocenters. The molecule has 0 unspecified atom stereocenters. The van der Waals surface area contributed by atoms with E-state index in [1.165, 1.54) is 4.80 Å². The Morgan fingerprint density at radius 3 is 2.79 bits per heavy atom. The minimum atomic E-state index is 0.506. The molecule has 1 aromatic carbocycles. The third-order valence-electron chi connectivity index (χ3n) is 4.82. The number of hydrogen-bond donors (Lipinski definition) is 0. The van der Waals surface area contributed by atoms with Crippen LogP contribution in [0.25, 0.3) is 17.1 Å². The van der Waals surface area contributed by atoms with Crippen LogP contribution in [0.1, 0.15) is 18.7 Å². The van der Waals surface area contributed by atoms with Crippen LogP contribution < -0.4 is 4.90 Å². The summed E-state index contributed by atoms with van der Waals surface area (Å²) in [5.74, 6) is 2.26. The standard InChI is InChI=1S/C19H18ClN9/c20-15-6-3-7-16(11-15)29-25-17(22-26-29)13-27-9-1-2-10-28-18(23-24-19(27)28)14-5-4-8-21-12-14/h3-8,11-12H,1-2,9-10,13H2. The summed E-state index contributed by atoms with van der Waals surface area (Å²) in [6.45, 7) is 2.23. The molecule has 0 spiro atoms. The summed E-state index contributed by atoms with van der Waals surface area (Å²) in [4.78, 5) is 7.85. The van der Waals surface area contributed by atoms with Crippen LogP contribution in [0.4, 0.5) is 5.95 Å². The van der Waals surface area contributed by atoms with Gasteiger partial charge in [0.15, 0.2) is 11.6 Å². The summed E-state index contributed by atoms with van der Waals surface area (Å²) in [5.41, 5.74) is 1.73. The van der Waals surface area contributed by atoms with Gasteiger partial charge in [0.2, 0.25) is 5.95 Å². The first-order chi connectivity index (χ1) is 14.3. The summed E-state index contributed by atoms with van der Waals surface area (Å²) in [6, 6.07) is 11.3. The lowest BCUT2D eigenvalue weighted by Crippen LogP contribution is -2.26. The van der Waals surface area contributed by atoms with Gasteiger partial charge in [-0.2, -0.15) is 0 Å². The number of tetrazole rings is 1. The Kier molecular flexibility index (Phi) is 4.65. The van der Waals surface area contributed by atoms with E-state index in [0.29, 0.717) is 17.4 Å². The van der Waals surface area contributed by atoms with Gasteiger partial charge < -0.3 is 4.90 Å². The van der Waals surface area contributed by atoms with Crippen molar-refractivity contribution in [3.63, 3.8) is 0 Å². The number of aromatic nitrogens is 8. The van der Waals surface area contributed by atoms with Crippen molar-refractivity contribution in [3.05, 3.63) is 59.6 Å². The van der Waals surface area contributed by atoms with Crippen LogP contribution in [-0.4, -0.2) is 46.5 Å². The largest absolute Gasteiger partial charge is 0.333 e. The quantitative estimate of drug-likeness (QED) is 0.513. The number of benzene rings is 1. The molecule has 0 bridgehead atoms. The fourth-order valence-corrected chi connectivity index (χ4v) is 3.64. The maximum absolute atomic E-state index is 6.06. The van der Waals surface area contributed by atoms with Crippen LogP contribution in [0.5, 0.6) is 0 Å². The van der Waals surface area contributed by atoms with Crippen LogP contribution in [-0.2, 0) is 13.1 Å². The highest BCUT2D eigenvalue weighted by atomic mass is 35.5. The highest BCUT2D eigenvalue weighted by Crippen LogP contribution is 2.26. The molecule has 0 saturated carbocycles. The second-order valence-corrected chi connectivity index (χ2v) is 7.26. The second-order valence-electron chi connectivity index (χ2n) is 6.82. The highest BCUT2D eigenvalue weighted by Gasteiger charge is 2.23. The molecule has 0 amide bonds. The Labute approximate surface area is 172 Å². The smallest absolute Gasteiger partial charge is 0.227 e. The van der Waals surface area contributed by atoms with Gasteiger partial charge in [-0.05, 0) is 48.4 Å². The van der Waals surface area contributed by atoms with Crippen LogP contribution >= 0.6 is 11.6 Å². The molecule has 29 heavy (non-hydrogen) atoms. The summed E-state index contributed by atoms with van der Waals surface area (Å²) in [5, 5.41) is 22.4. The molecule has 5 rings (SSSR count).